The van der Waals surface area contributed by atoms with Gasteiger partial charge in [0.1, 0.15) is 5.75 Å². The van der Waals surface area contributed by atoms with Gasteiger partial charge in [-0.3, -0.25) is 0 Å². The van der Waals surface area contributed by atoms with Crippen molar-refractivity contribution in [2.75, 3.05) is 6.61 Å². The number of hydrogen-bond donors (Lipinski definition) is 0. The van der Waals surface area contributed by atoms with E-state index in [1.54, 1.807) is 5.56 Å². The number of hydrogen-bond acceptors (Lipinski definition) is 1. The van der Waals surface area contributed by atoms with E-state index in [1.165, 1.54) is 109 Å². The van der Waals surface area contributed by atoms with Crippen LogP contribution in [-0.2, 0) is 0 Å². The maximum atomic E-state index is 5.94. The number of benzene rings is 1. The first kappa shape index (κ1) is 24.7. The molecule has 1 heteroatoms. The van der Waals surface area contributed by atoms with Gasteiger partial charge in [-0.25, -0.2) is 0 Å². The van der Waals surface area contributed by atoms with Crippen LogP contribution in [0.1, 0.15) is 134 Å². The minimum absolute atomic E-state index is 0.782. The van der Waals surface area contributed by atoms with E-state index >= 15 is 0 Å². The van der Waals surface area contributed by atoms with Crippen LogP contribution in [0, 0.1) is 17.8 Å². The minimum Gasteiger partial charge on any atom is -0.494 e. The second kappa shape index (κ2) is 14.2. The summed E-state index contributed by atoms with van der Waals surface area (Å²) < 4.78 is 5.94. The van der Waals surface area contributed by atoms with Gasteiger partial charge in [0, 0.05) is 0 Å². The van der Waals surface area contributed by atoms with Crippen molar-refractivity contribution in [2.45, 2.75) is 129 Å². The second-order valence-electron chi connectivity index (χ2n) is 10.7. The molecule has 0 N–H and O–H groups in total. The maximum Gasteiger partial charge on any atom is 0.119 e. The third-order valence-electron chi connectivity index (χ3n) is 8.41. The summed E-state index contributed by atoms with van der Waals surface area (Å²) in [5.41, 5.74) is 1.55. The standard InChI is InChI=1S/C30H50O/c1-3-5-7-9-11-25-12-14-26(15-13-25)27-16-18-28(19-17-27)29-20-22-30(23-21-29)31-24-10-8-6-4-2/h20-23,25-28H,3-19,24H2,1-2H3/t25-,26-,27-,28-. The minimum atomic E-state index is 0.782. The Balaban J connectivity index is 1.32. The lowest BCUT2D eigenvalue weighted by molar-refractivity contribution is 0.155. The molecular weight excluding hydrogens is 376 g/mol. The molecule has 1 aromatic carbocycles. The molecule has 0 amide bonds. The first-order valence-electron chi connectivity index (χ1n) is 14.0. The van der Waals surface area contributed by atoms with E-state index in [0.717, 1.165) is 36.0 Å². The van der Waals surface area contributed by atoms with Gasteiger partial charge in [-0.1, -0.05) is 90.2 Å². The average Bonchev–Trinajstić information content (AvgIpc) is 2.83. The number of ether oxygens (including phenoxy) is 1. The van der Waals surface area contributed by atoms with E-state index in [0.29, 0.717) is 0 Å². The highest BCUT2D eigenvalue weighted by Crippen LogP contribution is 2.44. The van der Waals surface area contributed by atoms with Crippen LogP contribution < -0.4 is 4.74 Å². The van der Waals surface area contributed by atoms with Crippen LogP contribution in [0.15, 0.2) is 24.3 Å². The third-order valence-corrected chi connectivity index (χ3v) is 8.41. The van der Waals surface area contributed by atoms with Gasteiger partial charge in [-0.15, -0.1) is 0 Å². The molecule has 31 heavy (non-hydrogen) atoms. The van der Waals surface area contributed by atoms with Crippen LogP contribution in [-0.4, -0.2) is 6.61 Å². The highest BCUT2D eigenvalue weighted by molar-refractivity contribution is 5.29. The molecule has 3 rings (SSSR count). The van der Waals surface area contributed by atoms with Gasteiger partial charge < -0.3 is 4.74 Å². The molecule has 176 valence electrons. The lowest BCUT2D eigenvalue weighted by atomic mass is 9.68. The maximum absolute atomic E-state index is 5.94. The molecule has 0 aromatic heterocycles. The summed E-state index contributed by atoms with van der Waals surface area (Å²) in [4.78, 5) is 0. The first-order chi connectivity index (χ1) is 15.3. The Morgan fingerprint density at radius 1 is 0.645 bits per heavy atom. The molecule has 2 saturated carbocycles. The molecule has 2 aliphatic carbocycles. The largest absolute Gasteiger partial charge is 0.494 e. The molecular formula is C30H50O. The highest BCUT2D eigenvalue weighted by Gasteiger charge is 2.31. The summed E-state index contributed by atoms with van der Waals surface area (Å²) in [6.45, 7) is 5.44. The molecule has 1 aromatic rings. The van der Waals surface area contributed by atoms with Crippen molar-refractivity contribution in [2.24, 2.45) is 17.8 Å². The Morgan fingerprint density at radius 3 is 1.84 bits per heavy atom. The van der Waals surface area contributed by atoms with E-state index in [-0.39, 0.29) is 0 Å². The summed E-state index contributed by atoms with van der Waals surface area (Å²) in [5.74, 6) is 4.95. The fourth-order valence-corrected chi connectivity index (χ4v) is 6.29. The van der Waals surface area contributed by atoms with Crippen LogP contribution in [0.5, 0.6) is 5.75 Å². The monoisotopic (exact) mass is 426 g/mol. The average molecular weight is 427 g/mol. The van der Waals surface area contributed by atoms with E-state index < -0.39 is 0 Å². The van der Waals surface area contributed by atoms with E-state index in [9.17, 15) is 0 Å². The molecule has 0 bridgehead atoms. The van der Waals surface area contributed by atoms with Gasteiger partial charge in [0.15, 0.2) is 0 Å². The van der Waals surface area contributed by atoms with Gasteiger partial charge in [0.2, 0.25) is 0 Å². The fraction of sp³-hybridized carbons (Fsp3) is 0.800. The molecule has 2 fully saturated rings. The van der Waals surface area contributed by atoms with Gasteiger partial charge in [0.25, 0.3) is 0 Å². The Hall–Kier alpha value is -0.980. The topological polar surface area (TPSA) is 9.23 Å². The van der Waals surface area contributed by atoms with Gasteiger partial charge in [-0.2, -0.15) is 0 Å². The van der Waals surface area contributed by atoms with Crippen LogP contribution in [0.3, 0.4) is 0 Å². The van der Waals surface area contributed by atoms with Crippen molar-refractivity contribution in [3.05, 3.63) is 29.8 Å². The fourth-order valence-electron chi connectivity index (χ4n) is 6.29. The molecule has 0 atom stereocenters. The van der Waals surface area contributed by atoms with Gasteiger partial charge >= 0.3 is 0 Å². The lowest BCUT2D eigenvalue weighted by Gasteiger charge is -2.38. The SMILES string of the molecule is CCCCCCOc1ccc([C@H]2CC[C@H]([C@H]3CC[C@H](CCCCCC)CC3)CC2)cc1. The van der Waals surface area contributed by atoms with E-state index in [1.807, 2.05) is 0 Å². The molecule has 0 spiro atoms. The Morgan fingerprint density at radius 2 is 1.23 bits per heavy atom. The molecule has 0 radical (unpaired) electrons. The summed E-state index contributed by atoms with van der Waals surface area (Å²) >= 11 is 0. The zero-order valence-corrected chi connectivity index (χ0v) is 20.8. The molecule has 0 unspecified atom stereocenters. The summed E-state index contributed by atoms with van der Waals surface area (Å²) in [5, 5.41) is 0. The molecule has 0 saturated heterocycles. The third kappa shape index (κ3) is 8.47. The first-order valence-corrected chi connectivity index (χ1v) is 14.0. The molecule has 0 aliphatic heterocycles. The Labute approximate surface area is 193 Å². The Kier molecular flexibility index (Phi) is 11.3. The normalized spacial score (nSPS) is 26.6. The second-order valence-corrected chi connectivity index (χ2v) is 10.7. The van der Waals surface area contributed by atoms with Crippen molar-refractivity contribution < 1.29 is 4.74 Å². The Bertz CT molecular complexity index is 561. The number of unbranched alkanes of at least 4 members (excludes halogenated alkanes) is 6. The van der Waals surface area contributed by atoms with Crippen molar-refractivity contribution in [3.63, 3.8) is 0 Å². The quantitative estimate of drug-likeness (QED) is 0.285. The van der Waals surface area contributed by atoms with Crippen LogP contribution >= 0.6 is 0 Å². The highest BCUT2D eigenvalue weighted by atomic mass is 16.5. The predicted octanol–water partition coefficient (Wildman–Crippen LogP) is 9.70. The smallest absolute Gasteiger partial charge is 0.119 e. The van der Waals surface area contributed by atoms with E-state index in [4.69, 9.17) is 4.74 Å². The predicted molar refractivity (Wildman–Crippen MR) is 135 cm³/mol. The molecule has 2 aliphatic rings. The number of rotatable bonds is 13. The molecule has 1 nitrogen and oxygen atoms in total. The van der Waals surface area contributed by atoms with Crippen molar-refractivity contribution in [1.29, 1.82) is 0 Å². The summed E-state index contributed by atoms with van der Waals surface area (Å²) in [6, 6.07) is 9.11. The zero-order chi connectivity index (χ0) is 21.7. The summed E-state index contributed by atoms with van der Waals surface area (Å²) in [6.07, 6.45) is 24.2. The van der Waals surface area contributed by atoms with Crippen molar-refractivity contribution in [3.8, 4) is 5.75 Å². The van der Waals surface area contributed by atoms with Crippen LogP contribution in [0.25, 0.3) is 0 Å². The van der Waals surface area contributed by atoms with Gasteiger partial charge in [-0.05, 0) is 86.3 Å². The summed E-state index contributed by atoms with van der Waals surface area (Å²) in [7, 11) is 0. The molecule has 0 heterocycles. The van der Waals surface area contributed by atoms with Gasteiger partial charge in [0.05, 0.1) is 6.61 Å². The van der Waals surface area contributed by atoms with Crippen LogP contribution in [0.2, 0.25) is 0 Å². The zero-order valence-electron chi connectivity index (χ0n) is 20.8. The van der Waals surface area contributed by atoms with Crippen molar-refractivity contribution >= 4 is 0 Å². The van der Waals surface area contributed by atoms with Crippen molar-refractivity contribution in [1.82, 2.24) is 0 Å². The van der Waals surface area contributed by atoms with E-state index in [2.05, 4.69) is 38.1 Å². The van der Waals surface area contributed by atoms with Crippen LogP contribution in [0.4, 0.5) is 0 Å². The lowest BCUT2D eigenvalue weighted by Crippen LogP contribution is -2.25.